The van der Waals surface area contributed by atoms with E-state index in [0.29, 0.717) is 5.75 Å². The number of sulfonamides is 1. The van der Waals surface area contributed by atoms with Crippen LogP contribution < -0.4 is 14.4 Å². The average Bonchev–Trinajstić information content (AvgIpc) is 3.09. The number of halogens is 1. The second kappa shape index (κ2) is 16.4. The molecule has 4 aromatic rings. The molecule has 1 unspecified atom stereocenters. The highest BCUT2D eigenvalue weighted by Gasteiger charge is 2.35. The lowest BCUT2D eigenvalue weighted by Gasteiger charge is -2.35. The first-order valence-electron chi connectivity index (χ1n) is 16.7. The quantitative estimate of drug-likeness (QED) is 0.159. The minimum Gasteiger partial charge on any atom is -0.495 e. The van der Waals surface area contributed by atoms with Gasteiger partial charge < -0.3 is 15.0 Å². The van der Waals surface area contributed by atoms with E-state index in [9.17, 15) is 18.0 Å². The highest BCUT2D eigenvalue weighted by atomic mass is 35.5. The number of rotatable bonds is 13. The zero-order valence-electron chi connectivity index (χ0n) is 28.3. The molecule has 0 bridgehead atoms. The third kappa shape index (κ3) is 9.22. The maximum absolute atomic E-state index is 14.8. The first kappa shape index (κ1) is 36.0. The number of ether oxygens (including phenoxy) is 1. The van der Waals surface area contributed by atoms with Crippen molar-refractivity contribution < 1.29 is 22.7 Å². The summed E-state index contributed by atoms with van der Waals surface area (Å²) in [4.78, 5) is 30.6. The van der Waals surface area contributed by atoms with E-state index < -0.39 is 28.5 Å². The van der Waals surface area contributed by atoms with Gasteiger partial charge in [-0.15, -0.1) is 0 Å². The second-order valence-corrected chi connectivity index (χ2v) is 15.0. The number of nitrogens with one attached hydrogen (secondary N) is 1. The van der Waals surface area contributed by atoms with Crippen molar-refractivity contribution in [1.82, 2.24) is 10.2 Å². The predicted octanol–water partition coefficient (Wildman–Crippen LogP) is 7.25. The first-order chi connectivity index (χ1) is 23.5. The van der Waals surface area contributed by atoms with E-state index in [4.69, 9.17) is 16.3 Å². The molecule has 0 aliphatic heterocycles. The maximum Gasteiger partial charge on any atom is 0.264 e. The van der Waals surface area contributed by atoms with E-state index in [1.54, 1.807) is 24.3 Å². The monoisotopic (exact) mass is 701 g/mol. The molecule has 0 radical (unpaired) electrons. The van der Waals surface area contributed by atoms with Crippen LogP contribution in [0.25, 0.3) is 0 Å². The molecule has 49 heavy (non-hydrogen) atoms. The van der Waals surface area contributed by atoms with E-state index in [1.807, 2.05) is 68.4 Å². The number of amides is 2. The van der Waals surface area contributed by atoms with Gasteiger partial charge in [0.15, 0.2) is 0 Å². The van der Waals surface area contributed by atoms with Crippen LogP contribution in [0, 0.1) is 13.8 Å². The Morgan fingerprint density at radius 1 is 0.857 bits per heavy atom. The third-order valence-electron chi connectivity index (χ3n) is 8.97. The van der Waals surface area contributed by atoms with Gasteiger partial charge in [-0.05, 0) is 68.1 Å². The number of benzene rings is 4. The van der Waals surface area contributed by atoms with Crippen LogP contribution in [-0.4, -0.2) is 50.9 Å². The molecule has 10 heteroatoms. The molecule has 1 aliphatic rings. The molecule has 1 fully saturated rings. The number of hydrogen-bond acceptors (Lipinski definition) is 5. The molecule has 1 N–H and O–H groups in total. The Morgan fingerprint density at radius 2 is 1.55 bits per heavy atom. The van der Waals surface area contributed by atoms with Crippen molar-refractivity contribution in [3.63, 3.8) is 0 Å². The lowest BCUT2D eigenvalue weighted by Crippen LogP contribution is -2.55. The summed E-state index contributed by atoms with van der Waals surface area (Å²) >= 11 is 6.49. The number of methoxy groups -OCH3 is 1. The number of aryl methyl sites for hydroxylation is 2. The van der Waals surface area contributed by atoms with Crippen molar-refractivity contribution in [2.24, 2.45) is 0 Å². The van der Waals surface area contributed by atoms with Gasteiger partial charge in [0.05, 0.1) is 22.7 Å². The summed E-state index contributed by atoms with van der Waals surface area (Å²) in [5.74, 6) is -0.408. The molecular formula is C39H44ClN3O5S. The Balaban J connectivity index is 1.58. The number of anilines is 1. The van der Waals surface area contributed by atoms with Gasteiger partial charge >= 0.3 is 0 Å². The number of hydrogen-bond donors (Lipinski definition) is 1. The topological polar surface area (TPSA) is 96.0 Å². The molecule has 0 aromatic heterocycles. The van der Waals surface area contributed by atoms with Gasteiger partial charge in [0.25, 0.3) is 10.0 Å². The second-order valence-electron chi connectivity index (χ2n) is 12.7. The first-order valence-corrected chi connectivity index (χ1v) is 18.5. The van der Waals surface area contributed by atoms with Gasteiger partial charge in [-0.1, -0.05) is 109 Å². The Labute approximate surface area is 295 Å². The van der Waals surface area contributed by atoms with Gasteiger partial charge in [0.1, 0.15) is 18.3 Å². The lowest BCUT2D eigenvalue weighted by atomic mass is 9.94. The molecule has 1 atom stereocenters. The van der Waals surface area contributed by atoms with Crippen molar-refractivity contribution >= 4 is 39.1 Å². The Morgan fingerprint density at radius 3 is 2.20 bits per heavy atom. The fourth-order valence-electron chi connectivity index (χ4n) is 6.28. The summed E-state index contributed by atoms with van der Waals surface area (Å²) in [7, 11) is -2.79. The minimum atomic E-state index is -4.26. The fourth-order valence-corrected chi connectivity index (χ4v) is 7.94. The third-order valence-corrected chi connectivity index (χ3v) is 11.1. The molecule has 5 rings (SSSR count). The minimum absolute atomic E-state index is 0.0234. The normalized spacial score (nSPS) is 14.1. The van der Waals surface area contributed by atoms with Crippen LogP contribution in [0.4, 0.5) is 5.69 Å². The van der Waals surface area contributed by atoms with Gasteiger partial charge in [0.2, 0.25) is 11.8 Å². The number of carbonyl (C=O) groups excluding carboxylic acids is 2. The lowest BCUT2D eigenvalue weighted by molar-refractivity contribution is -0.140. The number of nitrogens with zero attached hydrogens (tertiary/aromatic N) is 2. The van der Waals surface area contributed by atoms with E-state index >= 15 is 0 Å². The van der Waals surface area contributed by atoms with Crippen molar-refractivity contribution in [3.8, 4) is 5.75 Å². The predicted molar refractivity (Wildman–Crippen MR) is 194 cm³/mol. The zero-order chi connectivity index (χ0) is 35.0. The van der Waals surface area contributed by atoms with E-state index in [0.717, 1.165) is 58.7 Å². The summed E-state index contributed by atoms with van der Waals surface area (Å²) in [5, 5.41) is 3.44. The van der Waals surface area contributed by atoms with Crippen LogP contribution in [0.1, 0.15) is 54.4 Å². The Kier molecular flexibility index (Phi) is 12.0. The summed E-state index contributed by atoms with van der Waals surface area (Å²) < 4.78 is 35.0. The average molecular weight is 702 g/mol. The SMILES string of the molecule is COc1ccc(N(CC(=O)N(Cc2cccc(C)c2)C(Cc2ccccc2)C(=O)NC2CCCCC2)S(=O)(=O)c2ccc(C)cc2)cc1Cl. The van der Waals surface area contributed by atoms with Gasteiger partial charge in [0, 0.05) is 19.0 Å². The fraction of sp³-hybridized carbons (Fsp3) is 0.333. The molecule has 0 saturated heterocycles. The summed E-state index contributed by atoms with van der Waals surface area (Å²) in [5.41, 5.74) is 3.82. The van der Waals surface area contributed by atoms with Crippen LogP contribution in [0.5, 0.6) is 5.75 Å². The molecule has 1 saturated carbocycles. The zero-order valence-corrected chi connectivity index (χ0v) is 29.8. The molecule has 2 amide bonds. The van der Waals surface area contributed by atoms with Crippen LogP contribution in [0.3, 0.4) is 0 Å². The molecule has 8 nitrogen and oxygen atoms in total. The van der Waals surface area contributed by atoms with Crippen molar-refractivity contribution in [3.05, 3.63) is 124 Å². The van der Waals surface area contributed by atoms with Crippen LogP contribution in [0.15, 0.2) is 102 Å². The standard InChI is InChI=1S/C39H44ClN3O5S/c1-28-17-20-34(21-18-28)49(46,47)43(33-19-22-37(48-3)35(40)25-33)27-38(44)42(26-31-14-10-11-29(2)23-31)36(24-30-12-6-4-7-13-30)39(45)41-32-15-8-5-9-16-32/h4,6-7,10-14,17-23,25,32,36H,5,8-9,15-16,24,26-27H2,1-3H3,(H,41,45). The molecule has 1 aliphatic carbocycles. The summed E-state index contributed by atoms with van der Waals surface area (Å²) in [6.45, 7) is 3.39. The smallest absolute Gasteiger partial charge is 0.264 e. The molecule has 0 heterocycles. The molecule has 0 spiro atoms. The number of carbonyl (C=O) groups is 2. The summed E-state index contributed by atoms with van der Waals surface area (Å²) in [6, 6.07) is 27.5. The maximum atomic E-state index is 14.8. The molecule has 258 valence electrons. The highest BCUT2D eigenvalue weighted by Crippen LogP contribution is 2.32. The van der Waals surface area contributed by atoms with E-state index in [1.165, 1.54) is 30.2 Å². The highest BCUT2D eigenvalue weighted by molar-refractivity contribution is 7.92. The Bertz CT molecular complexity index is 1840. The van der Waals surface area contributed by atoms with Crippen molar-refractivity contribution in [2.45, 2.75) is 75.9 Å². The van der Waals surface area contributed by atoms with Crippen LogP contribution >= 0.6 is 11.6 Å². The van der Waals surface area contributed by atoms with Crippen molar-refractivity contribution in [2.75, 3.05) is 18.0 Å². The van der Waals surface area contributed by atoms with Crippen molar-refractivity contribution in [1.29, 1.82) is 0 Å². The van der Waals surface area contributed by atoms with Crippen LogP contribution in [-0.2, 0) is 32.6 Å². The van der Waals surface area contributed by atoms with Gasteiger partial charge in [-0.2, -0.15) is 0 Å². The molecule has 4 aromatic carbocycles. The van der Waals surface area contributed by atoms with Gasteiger partial charge in [-0.25, -0.2) is 8.42 Å². The van der Waals surface area contributed by atoms with Gasteiger partial charge in [-0.3, -0.25) is 13.9 Å². The van der Waals surface area contributed by atoms with Crippen LogP contribution in [0.2, 0.25) is 5.02 Å². The largest absolute Gasteiger partial charge is 0.495 e. The van der Waals surface area contributed by atoms with E-state index in [-0.39, 0.29) is 40.5 Å². The Hall–Kier alpha value is -4.34. The van der Waals surface area contributed by atoms with E-state index in [2.05, 4.69) is 5.32 Å². The molecular weight excluding hydrogens is 658 g/mol. The summed E-state index contributed by atoms with van der Waals surface area (Å²) in [6.07, 6.45) is 5.24.